The van der Waals surface area contributed by atoms with Crippen molar-refractivity contribution in [2.24, 2.45) is 0 Å². The van der Waals surface area contributed by atoms with Crippen molar-refractivity contribution in [3.8, 4) is 0 Å². The minimum atomic E-state index is -0.165. The lowest BCUT2D eigenvalue weighted by Gasteiger charge is -2.30. The summed E-state index contributed by atoms with van der Waals surface area (Å²) in [6.07, 6.45) is 5.81. The second-order valence-electron chi connectivity index (χ2n) is 7.28. The van der Waals surface area contributed by atoms with E-state index < -0.39 is 0 Å². The third-order valence-corrected chi connectivity index (χ3v) is 6.60. The van der Waals surface area contributed by atoms with Crippen LogP contribution in [0.15, 0.2) is 35.7 Å². The number of carbonyl (C=O) groups excluding carboxylic acids is 2. The summed E-state index contributed by atoms with van der Waals surface area (Å²) in [6, 6.07) is 9.90. The molecular weight excluding hydrogens is 344 g/mol. The molecule has 1 N–H and O–H groups in total. The maximum absolute atomic E-state index is 13.1. The predicted molar refractivity (Wildman–Crippen MR) is 103 cm³/mol. The van der Waals surface area contributed by atoms with Crippen molar-refractivity contribution in [1.82, 2.24) is 10.2 Å². The number of fused-ring (bicyclic) bond motifs is 1. The number of carbonyl (C=O) groups is 2. The van der Waals surface area contributed by atoms with Gasteiger partial charge in [0.25, 0.3) is 11.8 Å². The average Bonchev–Trinajstić information content (AvgIpc) is 3.31. The van der Waals surface area contributed by atoms with Crippen molar-refractivity contribution in [3.63, 3.8) is 0 Å². The van der Waals surface area contributed by atoms with Gasteiger partial charge in [-0.05, 0) is 42.8 Å². The summed E-state index contributed by atoms with van der Waals surface area (Å²) in [5, 5.41) is 5.05. The SMILES string of the molecule is C[C@H](NC(=O)c1cccc2c1C(=O)N(C1CCCCC1)C2)c1cccs1. The zero-order valence-corrected chi connectivity index (χ0v) is 15.8. The molecule has 0 bridgehead atoms. The third kappa shape index (κ3) is 3.16. The van der Waals surface area contributed by atoms with Crippen molar-refractivity contribution in [2.45, 2.75) is 57.7 Å². The lowest BCUT2D eigenvalue weighted by Crippen LogP contribution is -2.37. The molecule has 5 heteroatoms. The van der Waals surface area contributed by atoms with Gasteiger partial charge in [0.1, 0.15) is 0 Å². The maximum Gasteiger partial charge on any atom is 0.255 e. The van der Waals surface area contributed by atoms with E-state index in [4.69, 9.17) is 0 Å². The van der Waals surface area contributed by atoms with Crippen molar-refractivity contribution < 1.29 is 9.59 Å². The molecule has 0 unspecified atom stereocenters. The summed E-state index contributed by atoms with van der Waals surface area (Å²) >= 11 is 1.62. The summed E-state index contributed by atoms with van der Waals surface area (Å²) < 4.78 is 0. The summed E-state index contributed by atoms with van der Waals surface area (Å²) in [6.45, 7) is 2.61. The summed E-state index contributed by atoms with van der Waals surface area (Å²) in [5.74, 6) is -0.136. The van der Waals surface area contributed by atoms with Crippen LogP contribution < -0.4 is 5.32 Å². The Morgan fingerprint density at radius 3 is 2.73 bits per heavy atom. The number of nitrogens with one attached hydrogen (secondary N) is 1. The van der Waals surface area contributed by atoms with Gasteiger partial charge >= 0.3 is 0 Å². The third-order valence-electron chi connectivity index (χ3n) is 5.54. The minimum Gasteiger partial charge on any atom is -0.345 e. The molecule has 4 nitrogen and oxygen atoms in total. The Bertz CT molecular complexity index is 809. The Labute approximate surface area is 158 Å². The fourth-order valence-electron chi connectivity index (χ4n) is 4.14. The molecule has 1 aromatic carbocycles. The number of benzene rings is 1. The zero-order chi connectivity index (χ0) is 18.1. The number of hydrogen-bond acceptors (Lipinski definition) is 3. The van der Waals surface area contributed by atoms with E-state index in [9.17, 15) is 9.59 Å². The van der Waals surface area contributed by atoms with Gasteiger partial charge in [-0.25, -0.2) is 0 Å². The molecule has 136 valence electrons. The lowest BCUT2D eigenvalue weighted by atomic mass is 9.94. The molecule has 4 rings (SSSR count). The number of amides is 2. The van der Waals surface area contributed by atoms with Crippen molar-refractivity contribution in [3.05, 3.63) is 57.3 Å². The van der Waals surface area contributed by atoms with Gasteiger partial charge < -0.3 is 10.2 Å². The van der Waals surface area contributed by atoms with E-state index in [1.807, 2.05) is 41.5 Å². The first kappa shape index (κ1) is 17.3. The number of rotatable bonds is 4. The quantitative estimate of drug-likeness (QED) is 0.862. The summed E-state index contributed by atoms with van der Waals surface area (Å²) in [5.41, 5.74) is 2.10. The van der Waals surface area contributed by atoms with Crippen LogP contribution in [0.4, 0.5) is 0 Å². The van der Waals surface area contributed by atoms with Crippen LogP contribution in [0.3, 0.4) is 0 Å². The average molecular weight is 369 g/mol. The zero-order valence-electron chi connectivity index (χ0n) is 15.0. The van der Waals surface area contributed by atoms with Crippen LogP contribution in [0.2, 0.25) is 0 Å². The number of thiophene rings is 1. The van der Waals surface area contributed by atoms with Crippen LogP contribution in [0, 0.1) is 0 Å². The smallest absolute Gasteiger partial charge is 0.255 e. The number of nitrogens with zero attached hydrogens (tertiary/aromatic N) is 1. The Hall–Kier alpha value is -2.14. The molecule has 1 atom stereocenters. The van der Waals surface area contributed by atoms with E-state index in [1.54, 1.807) is 17.4 Å². The van der Waals surface area contributed by atoms with E-state index >= 15 is 0 Å². The predicted octanol–water partition coefficient (Wildman–Crippen LogP) is 4.53. The van der Waals surface area contributed by atoms with Crippen LogP contribution in [0.5, 0.6) is 0 Å². The van der Waals surface area contributed by atoms with E-state index in [0.717, 1.165) is 23.3 Å². The van der Waals surface area contributed by atoms with Crippen LogP contribution in [0.25, 0.3) is 0 Å². The molecule has 1 aromatic heterocycles. The van der Waals surface area contributed by atoms with Crippen LogP contribution in [-0.4, -0.2) is 22.8 Å². The second-order valence-corrected chi connectivity index (χ2v) is 8.25. The number of hydrogen-bond donors (Lipinski definition) is 1. The van der Waals surface area contributed by atoms with Crippen molar-refractivity contribution in [2.75, 3.05) is 0 Å². The normalized spacial score (nSPS) is 18.7. The van der Waals surface area contributed by atoms with Crippen LogP contribution >= 0.6 is 11.3 Å². The van der Waals surface area contributed by atoms with E-state index in [2.05, 4.69) is 5.32 Å². The summed E-state index contributed by atoms with van der Waals surface area (Å²) in [7, 11) is 0. The van der Waals surface area contributed by atoms with Gasteiger partial charge in [0.2, 0.25) is 0 Å². The fourth-order valence-corrected chi connectivity index (χ4v) is 4.88. The van der Waals surface area contributed by atoms with Gasteiger partial charge in [-0.2, -0.15) is 0 Å². The minimum absolute atomic E-state index is 0.0291. The van der Waals surface area contributed by atoms with E-state index in [1.165, 1.54) is 19.3 Å². The molecule has 1 aliphatic heterocycles. The molecule has 0 radical (unpaired) electrons. The van der Waals surface area contributed by atoms with Crippen molar-refractivity contribution in [1.29, 1.82) is 0 Å². The first-order valence-corrected chi connectivity index (χ1v) is 10.3. The van der Waals surface area contributed by atoms with Gasteiger partial charge in [0.15, 0.2) is 0 Å². The molecule has 26 heavy (non-hydrogen) atoms. The van der Waals surface area contributed by atoms with Gasteiger partial charge in [-0.15, -0.1) is 11.3 Å². The Morgan fingerprint density at radius 2 is 2.00 bits per heavy atom. The first-order chi connectivity index (χ1) is 12.6. The Balaban J connectivity index is 1.56. The Kier molecular flexibility index (Phi) is 4.81. The summed E-state index contributed by atoms with van der Waals surface area (Å²) in [4.78, 5) is 29.0. The molecule has 1 saturated carbocycles. The molecule has 0 spiro atoms. The standard InChI is InChI=1S/C21H24N2O2S/c1-14(18-11-6-12-26-18)22-20(24)17-10-5-7-15-13-23(21(25)19(15)17)16-8-3-2-4-9-16/h5-7,10-12,14,16H,2-4,8-9,13H2,1H3,(H,22,24)/t14-/m0/s1. The van der Waals surface area contributed by atoms with Crippen LogP contribution in [-0.2, 0) is 6.54 Å². The van der Waals surface area contributed by atoms with Gasteiger partial charge in [-0.1, -0.05) is 37.5 Å². The highest BCUT2D eigenvalue weighted by Gasteiger charge is 2.36. The maximum atomic E-state index is 13.1. The van der Waals surface area contributed by atoms with E-state index in [0.29, 0.717) is 23.7 Å². The highest BCUT2D eigenvalue weighted by atomic mass is 32.1. The first-order valence-electron chi connectivity index (χ1n) is 9.42. The molecule has 1 fully saturated rings. The molecule has 2 heterocycles. The van der Waals surface area contributed by atoms with Gasteiger partial charge in [-0.3, -0.25) is 9.59 Å². The second kappa shape index (κ2) is 7.23. The van der Waals surface area contributed by atoms with Gasteiger partial charge in [0.05, 0.1) is 17.2 Å². The van der Waals surface area contributed by atoms with Gasteiger partial charge in [0, 0.05) is 17.5 Å². The highest BCUT2D eigenvalue weighted by Crippen LogP contribution is 2.32. The monoisotopic (exact) mass is 368 g/mol. The molecule has 2 amide bonds. The largest absolute Gasteiger partial charge is 0.345 e. The van der Waals surface area contributed by atoms with Crippen LogP contribution in [0.1, 0.15) is 76.2 Å². The molecule has 0 saturated heterocycles. The molecule has 1 aliphatic carbocycles. The topological polar surface area (TPSA) is 49.4 Å². The lowest BCUT2D eigenvalue weighted by molar-refractivity contribution is 0.0656. The fraction of sp³-hybridized carbons (Fsp3) is 0.429. The molecule has 2 aliphatic rings. The Morgan fingerprint density at radius 1 is 1.19 bits per heavy atom. The molecule has 2 aromatic rings. The molecular formula is C21H24N2O2S. The highest BCUT2D eigenvalue weighted by molar-refractivity contribution is 7.10. The van der Waals surface area contributed by atoms with E-state index in [-0.39, 0.29) is 17.9 Å². The van der Waals surface area contributed by atoms with Crippen molar-refractivity contribution >= 4 is 23.2 Å².